The summed E-state index contributed by atoms with van der Waals surface area (Å²) in [6.07, 6.45) is 9.15. The van der Waals surface area contributed by atoms with Crippen LogP contribution in [0.3, 0.4) is 0 Å². The van der Waals surface area contributed by atoms with E-state index in [1.165, 1.54) is 19.3 Å². The third kappa shape index (κ3) is 3.16. The van der Waals surface area contributed by atoms with E-state index in [1.807, 2.05) is 11.8 Å². The maximum absolute atomic E-state index is 10.8. The van der Waals surface area contributed by atoms with E-state index in [-0.39, 0.29) is 0 Å². The first-order valence-electron chi connectivity index (χ1n) is 5.62. The number of aldehydes is 1. The van der Waals surface area contributed by atoms with Crippen molar-refractivity contribution in [1.29, 1.82) is 0 Å². The standard InChI is InChI=1S/C12H20OS/c1-3-5-11-8-7-10(9-13)12(14-11)6-4-2/h7,9,11-12H,3-6,8H2,1-2H3. The highest BCUT2D eigenvalue weighted by molar-refractivity contribution is 8.00. The van der Waals surface area contributed by atoms with Crippen molar-refractivity contribution in [2.45, 2.75) is 56.5 Å². The van der Waals surface area contributed by atoms with Crippen LogP contribution in [0.4, 0.5) is 0 Å². The van der Waals surface area contributed by atoms with Gasteiger partial charge < -0.3 is 0 Å². The number of carbonyl (C=O) groups is 1. The van der Waals surface area contributed by atoms with E-state index in [9.17, 15) is 4.79 Å². The van der Waals surface area contributed by atoms with Crippen molar-refractivity contribution in [3.8, 4) is 0 Å². The molecule has 0 bridgehead atoms. The second-order valence-corrected chi connectivity index (χ2v) is 5.39. The van der Waals surface area contributed by atoms with Crippen LogP contribution in [0.25, 0.3) is 0 Å². The molecule has 1 heterocycles. The predicted octanol–water partition coefficient (Wildman–Crippen LogP) is 3.59. The monoisotopic (exact) mass is 212 g/mol. The second-order valence-electron chi connectivity index (χ2n) is 3.88. The lowest BCUT2D eigenvalue weighted by molar-refractivity contribution is -0.105. The average Bonchev–Trinajstić information content (AvgIpc) is 2.19. The molecule has 0 spiro atoms. The Morgan fingerprint density at radius 2 is 2.14 bits per heavy atom. The van der Waals surface area contributed by atoms with Gasteiger partial charge in [-0.25, -0.2) is 0 Å². The fraction of sp³-hybridized carbons (Fsp3) is 0.750. The molecule has 80 valence electrons. The first-order valence-corrected chi connectivity index (χ1v) is 6.56. The van der Waals surface area contributed by atoms with E-state index in [2.05, 4.69) is 19.9 Å². The predicted molar refractivity (Wildman–Crippen MR) is 63.7 cm³/mol. The van der Waals surface area contributed by atoms with Crippen LogP contribution in [-0.2, 0) is 4.79 Å². The molecule has 0 aromatic heterocycles. The van der Waals surface area contributed by atoms with Crippen LogP contribution in [0.5, 0.6) is 0 Å². The van der Waals surface area contributed by atoms with Crippen LogP contribution >= 0.6 is 11.8 Å². The molecule has 2 atom stereocenters. The smallest absolute Gasteiger partial charge is 0.146 e. The number of hydrogen-bond donors (Lipinski definition) is 0. The molecule has 0 N–H and O–H groups in total. The Labute approximate surface area is 91.3 Å². The fourth-order valence-electron chi connectivity index (χ4n) is 1.89. The molecule has 0 saturated carbocycles. The van der Waals surface area contributed by atoms with Crippen molar-refractivity contribution in [3.05, 3.63) is 11.6 Å². The summed E-state index contributed by atoms with van der Waals surface area (Å²) in [5, 5.41) is 1.23. The molecule has 0 aliphatic carbocycles. The minimum Gasteiger partial charge on any atom is -0.298 e. The van der Waals surface area contributed by atoms with Gasteiger partial charge in [0.1, 0.15) is 6.29 Å². The van der Waals surface area contributed by atoms with Gasteiger partial charge >= 0.3 is 0 Å². The number of rotatable bonds is 5. The van der Waals surface area contributed by atoms with Crippen LogP contribution in [-0.4, -0.2) is 16.8 Å². The Bertz CT molecular complexity index is 210. The zero-order valence-corrected chi connectivity index (χ0v) is 9.98. The molecule has 1 rings (SSSR count). The van der Waals surface area contributed by atoms with Crippen molar-refractivity contribution in [2.75, 3.05) is 0 Å². The molecular formula is C12H20OS. The normalized spacial score (nSPS) is 27.1. The number of hydrogen-bond acceptors (Lipinski definition) is 2. The van der Waals surface area contributed by atoms with E-state index in [0.717, 1.165) is 30.0 Å². The summed E-state index contributed by atoms with van der Waals surface area (Å²) in [4.78, 5) is 10.8. The lowest BCUT2D eigenvalue weighted by Crippen LogP contribution is -2.19. The third-order valence-electron chi connectivity index (χ3n) is 2.64. The number of allylic oxidation sites excluding steroid dienone is 1. The highest BCUT2D eigenvalue weighted by Crippen LogP contribution is 2.35. The highest BCUT2D eigenvalue weighted by atomic mass is 32.2. The Hall–Kier alpha value is -0.240. The lowest BCUT2D eigenvalue weighted by Gasteiger charge is -2.27. The van der Waals surface area contributed by atoms with Gasteiger partial charge in [0.25, 0.3) is 0 Å². The SMILES string of the molecule is CCCC1CC=C(C=O)C(CCC)S1. The van der Waals surface area contributed by atoms with Crippen LogP contribution in [0.1, 0.15) is 46.0 Å². The molecule has 14 heavy (non-hydrogen) atoms. The van der Waals surface area contributed by atoms with Gasteiger partial charge in [0.2, 0.25) is 0 Å². The van der Waals surface area contributed by atoms with Gasteiger partial charge in [-0.1, -0.05) is 32.8 Å². The van der Waals surface area contributed by atoms with E-state index in [0.29, 0.717) is 5.25 Å². The Morgan fingerprint density at radius 3 is 2.71 bits per heavy atom. The summed E-state index contributed by atoms with van der Waals surface area (Å²) < 4.78 is 0. The number of carbonyl (C=O) groups excluding carboxylic acids is 1. The first-order chi connectivity index (χ1) is 6.81. The molecule has 2 heteroatoms. The maximum Gasteiger partial charge on any atom is 0.146 e. The lowest BCUT2D eigenvalue weighted by atomic mass is 10.1. The summed E-state index contributed by atoms with van der Waals surface area (Å²) >= 11 is 2.01. The van der Waals surface area contributed by atoms with E-state index >= 15 is 0 Å². The fourth-order valence-corrected chi connectivity index (χ4v) is 3.62. The molecule has 2 unspecified atom stereocenters. The maximum atomic E-state index is 10.8. The largest absolute Gasteiger partial charge is 0.298 e. The topological polar surface area (TPSA) is 17.1 Å². The average molecular weight is 212 g/mol. The van der Waals surface area contributed by atoms with Gasteiger partial charge in [-0.05, 0) is 19.3 Å². The van der Waals surface area contributed by atoms with Gasteiger partial charge in [0.15, 0.2) is 0 Å². The summed E-state index contributed by atoms with van der Waals surface area (Å²) in [6.45, 7) is 4.42. The molecule has 0 fully saturated rings. The highest BCUT2D eigenvalue weighted by Gasteiger charge is 2.23. The first kappa shape index (κ1) is 11.8. The van der Waals surface area contributed by atoms with Crippen molar-refractivity contribution >= 4 is 18.0 Å². The summed E-state index contributed by atoms with van der Waals surface area (Å²) in [5.74, 6) is 0. The van der Waals surface area contributed by atoms with Crippen molar-refractivity contribution in [2.24, 2.45) is 0 Å². The Morgan fingerprint density at radius 1 is 1.43 bits per heavy atom. The molecule has 0 aromatic rings. The molecule has 0 radical (unpaired) electrons. The molecule has 1 nitrogen and oxygen atoms in total. The minimum absolute atomic E-state index is 0.475. The van der Waals surface area contributed by atoms with Crippen molar-refractivity contribution in [1.82, 2.24) is 0 Å². The zero-order chi connectivity index (χ0) is 10.4. The second kappa shape index (κ2) is 6.28. The Balaban J connectivity index is 2.56. The van der Waals surface area contributed by atoms with Crippen LogP contribution in [0, 0.1) is 0 Å². The van der Waals surface area contributed by atoms with Gasteiger partial charge in [0.05, 0.1) is 0 Å². The Kier molecular flexibility index (Phi) is 5.31. The van der Waals surface area contributed by atoms with Gasteiger partial charge in [-0.15, -0.1) is 11.8 Å². The van der Waals surface area contributed by atoms with Crippen LogP contribution in [0.15, 0.2) is 11.6 Å². The number of thioether (sulfide) groups is 1. The zero-order valence-electron chi connectivity index (χ0n) is 9.16. The van der Waals surface area contributed by atoms with E-state index < -0.39 is 0 Å². The van der Waals surface area contributed by atoms with Crippen LogP contribution < -0.4 is 0 Å². The van der Waals surface area contributed by atoms with Gasteiger partial charge in [-0.2, -0.15) is 0 Å². The molecule has 0 aromatic carbocycles. The molecule has 1 aliphatic heterocycles. The molecule has 1 aliphatic rings. The van der Waals surface area contributed by atoms with Crippen molar-refractivity contribution < 1.29 is 4.79 Å². The summed E-state index contributed by atoms with van der Waals surface area (Å²) in [6, 6.07) is 0. The molecule has 0 amide bonds. The molecular weight excluding hydrogens is 192 g/mol. The third-order valence-corrected chi connectivity index (χ3v) is 4.29. The summed E-state index contributed by atoms with van der Waals surface area (Å²) in [7, 11) is 0. The minimum atomic E-state index is 0.475. The van der Waals surface area contributed by atoms with E-state index in [4.69, 9.17) is 0 Å². The molecule has 0 saturated heterocycles. The summed E-state index contributed by atoms with van der Waals surface area (Å²) in [5.41, 5.74) is 1.03. The van der Waals surface area contributed by atoms with Gasteiger partial charge in [0, 0.05) is 16.1 Å². The van der Waals surface area contributed by atoms with Crippen LogP contribution in [0.2, 0.25) is 0 Å². The van der Waals surface area contributed by atoms with E-state index in [1.54, 1.807) is 0 Å². The van der Waals surface area contributed by atoms with Crippen molar-refractivity contribution in [3.63, 3.8) is 0 Å². The quantitative estimate of drug-likeness (QED) is 0.648. The van der Waals surface area contributed by atoms with Gasteiger partial charge in [-0.3, -0.25) is 4.79 Å².